The second-order valence-electron chi connectivity index (χ2n) is 5.94. The first-order chi connectivity index (χ1) is 12.6. The van der Waals surface area contributed by atoms with Gasteiger partial charge in [-0.2, -0.15) is 0 Å². The number of nitrogens with zero attached hydrogens (tertiary/aromatic N) is 3. The van der Waals surface area contributed by atoms with E-state index in [4.69, 9.17) is 21.7 Å². The van der Waals surface area contributed by atoms with Crippen molar-refractivity contribution >= 4 is 34.6 Å². The van der Waals surface area contributed by atoms with E-state index in [1.54, 1.807) is 38.3 Å². The highest BCUT2D eigenvalue weighted by Crippen LogP contribution is 2.39. The Labute approximate surface area is 162 Å². The fraction of sp³-hybridized carbons (Fsp3) is 0.389. The fourth-order valence-electron chi connectivity index (χ4n) is 2.95. The van der Waals surface area contributed by atoms with E-state index >= 15 is 0 Å². The van der Waals surface area contributed by atoms with Gasteiger partial charge in [0.1, 0.15) is 18.7 Å². The van der Waals surface area contributed by atoms with Gasteiger partial charge in [0.2, 0.25) is 0 Å². The summed E-state index contributed by atoms with van der Waals surface area (Å²) in [6.45, 7) is 2.65. The van der Waals surface area contributed by atoms with Gasteiger partial charge in [-0.15, -0.1) is 11.8 Å². The predicted octanol–water partition coefficient (Wildman–Crippen LogP) is 2.70. The number of hydrogen-bond donors (Lipinski definition) is 0. The first kappa shape index (κ1) is 18.7. The summed E-state index contributed by atoms with van der Waals surface area (Å²) >= 11 is 7.40. The normalized spacial score (nSPS) is 19.4. The molecule has 1 atom stereocenters. The molecule has 1 fully saturated rings. The standard InChI is InChI=1S/C18H21N3O3S2/c1-14(22)11-17(25)18(12-24-16-6-4-3-5-15(16)23-2)21(9-10-26-18)20-8-7-19-13-20/h3-8,13H,9-12H2,1-2H3. The molecule has 8 heteroatoms. The van der Waals surface area contributed by atoms with E-state index in [2.05, 4.69) is 9.99 Å². The smallest absolute Gasteiger partial charge is 0.167 e. The Morgan fingerprint density at radius 2 is 2.15 bits per heavy atom. The molecule has 3 rings (SSSR count). The minimum Gasteiger partial charge on any atom is -0.493 e. The number of methoxy groups -OCH3 is 1. The van der Waals surface area contributed by atoms with Gasteiger partial charge in [0.25, 0.3) is 0 Å². The van der Waals surface area contributed by atoms with Gasteiger partial charge in [0, 0.05) is 36.0 Å². The number of rotatable bonds is 8. The number of thioether (sulfide) groups is 1. The predicted molar refractivity (Wildman–Crippen MR) is 107 cm³/mol. The number of thiocarbonyl (C=S) groups is 1. The molecule has 1 aromatic carbocycles. The molecule has 6 nitrogen and oxygen atoms in total. The average Bonchev–Trinajstić information content (AvgIpc) is 3.29. The molecule has 138 valence electrons. The number of para-hydroxylation sites is 2. The lowest BCUT2D eigenvalue weighted by Gasteiger charge is -2.39. The van der Waals surface area contributed by atoms with Gasteiger partial charge >= 0.3 is 0 Å². The number of imidazole rings is 1. The van der Waals surface area contributed by atoms with Gasteiger partial charge in [-0.05, 0) is 19.1 Å². The number of aromatic nitrogens is 2. The van der Waals surface area contributed by atoms with Crippen LogP contribution in [0.1, 0.15) is 13.3 Å². The molecular weight excluding hydrogens is 370 g/mol. The summed E-state index contributed by atoms with van der Waals surface area (Å²) in [7, 11) is 1.61. The molecule has 2 heterocycles. The number of carbonyl (C=O) groups is 1. The Balaban J connectivity index is 1.90. The zero-order valence-corrected chi connectivity index (χ0v) is 16.4. The van der Waals surface area contributed by atoms with Crippen LogP contribution in [0.2, 0.25) is 0 Å². The lowest BCUT2D eigenvalue weighted by Crippen LogP contribution is -2.57. The van der Waals surface area contributed by atoms with Crippen molar-refractivity contribution in [3.05, 3.63) is 43.0 Å². The summed E-state index contributed by atoms with van der Waals surface area (Å²) < 4.78 is 13.4. The zero-order valence-electron chi connectivity index (χ0n) is 14.8. The summed E-state index contributed by atoms with van der Waals surface area (Å²) in [6, 6.07) is 7.50. The maximum Gasteiger partial charge on any atom is 0.167 e. The number of ether oxygens (including phenoxy) is 2. The minimum atomic E-state index is -0.622. The van der Waals surface area contributed by atoms with Gasteiger partial charge in [-0.1, -0.05) is 24.4 Å². The average molecular weight is 392 g/mol. The van der Waals surface area contributed by atoms with Crippen LogP contribution in [-0.2, 0) is 4.79 Å². The maximum atomic E-state index is 11.7. The molecule has 0 N–H and O–H groups in total. The first-order valence-corrected chi connectivity index (χ1v) is 9.64. The zero-order chi connectivity index (χ0) is 18.6. The van der Waals surface area contributed by atoms with Crippen molar-refractivity contribution in [2.24, 2.45) is 0 Å². The third-order valence-corrected chi connectivity index (χ3v) is 6.22. The molecule has 1 aromatic heterocycles. The molecule has 2 aromatic rings. The highest BCUT2D eigenvalue weighted by Gasteiger charge is 2.47. The Hall–Kier alpha value is -2.06. The quantitative estimate of drug-likeness (QED) is 0.641. The molecule has 0 spiro atoms. The van der Waals surface area contributed by atoms with E-state index in [1.807, 2.05) is 35.1 Å². The Kier molecular flexibility index (Phi) is 5.83. The highest BCUT2D eigenvalue weighted by atomic mass is 32.2. The highest BCUT2D eigenvalue weighted by molar-refractivity contribution is 8.03. The van der Waals surface area contributed by atoms with Crippen molar-refractivity contribution in [2.75, 3.05) is 31.0 Å². The second-order valence-corrected chi connectivity index (χ2v) is 7.81. The van der Waals surface area contributed by atoms with Crippen LogP contribution in [-0.4, -0.2) is 51.2 Å². The van der Waals surface area contributed by atoms with Gasteiger partial charge in [0.05, 0.1) is 7.11 Å². The number of hydrogen-bond acceptors (Lipinski definition) is 7. The van der Waals surface area contributed by atoms with Crippen LogP contribution in [0.3, 0.4) is 0 Å². The van der Waals surface area contributed by atoms with Crippen LogP contribution in [0.4, 0.5) is 0 Å². The van der Waals surface area contributed by atoms with Crippen LogP contribution in [0.25, 0.3) is 0 Å². The van der Waals surface area contributed by atoms with E-state index in [1.165, 1.54) is 0 Å². The SMILES string of the molecule is COc1ccccc1OCC1(C(=S)CC(C)=O)SCCN1n1ccnc1. The van der Waals surface area contributed by atoms with Crippen LogP contribution >= 0.6 is 24.0 Å². The first-order valence-electron chi connectivity index (χ1n) is 8.25. The fourth-order valence-corrected chi connectivity index (χ4v) is 4.81. The van der Waals surface area contributed by atoms with Gasteiger partial charge in [-0.3, -0.25) is 14.5 Å². The molecule has 1 aliphatic rings. The van der Waals surface area contributed by atoms with E-state index in [0.717, 1.165) is 12.3 Å². The summed E-state index contributed by atoms with van der Waals surface area (Å²) in [5, 5.41) is 2.12. The van der Waals surface area contributed by atoms with E-state index < -0.39 is 4.87 Å². The minimum absolute atomic E-state index is 0.0461. The number of carbonyl (C=O) groups excluding carboxylic acids is 1. The molecule has 0 bridgehead atoms. The Morgan fingerprint density at radius 3 is 2.81 bits per heavy atom. The van der Waals surface area contributed by atoms with E-state index in [-0.39, 0.29) is 12.2 Å². The van der Waals surface area contributed by atoms with Crippen molar-refractivity contribution in [3.63, 3.8) is 0 Å². The number of ketones is 1. The molecule has 0 radical (unpaired) electrons. The molecule has 0 saturated carbocycles. The molecule has 26 heavy (non-hydrogen) atoms. The molecule has 1 unspecified atom stereocenters. The topological polar surface area (TPSA) is 56.6 Å². The third-order valence-electron chi connectivity index (χ3n) is 4.17. The third kappa shape index (κ3) is 3.71. The molecule has 0 amide bonds. The summed E-state index contributed by atoms with van der Waals surface area (Å²) in [5.74, 6) is 2.24. The summed E-state index contributed by atoms with van der Waals surface area (Å²) in [6.07, 6.45) is 5.58. The summed E-state index contributed by atoms with van der Waals surface area (Å²) in [5.41, 5.74) is 0. The van der Waals surface area contributed by atoms with Crippen LogP contribution < -0.4 is 14.5 Å². The van der Waals surface area contributed by atoms with Crippen LogP contribution in [0, 0.1) is 0 Å². The molecule has 1 saturated heterocycles. The van der Waals surface area contributed by atoms with E-state index in [0.29, 0.717) is 23.0 Å². The maximum absolute atomic E-state index is 11.7. The lowest BCUT2D eigenvalue weighted by atomic mass is 10.1. The number of Topliss-reactive ketones (excluding diaryl/α,β-unsaturated/α-hetero) is 1. The van der Waals surface area contributed by atoms with Gasteiger partial charge in [0.15, 0.2) is 16.4 Å². The van der Waals surface area contributed by atoms with Gasteiger partial charge in [-0.25, -0.2) is 4.98 Å². The monoisotopic (exact) mass is 391 g/mol. The largest absolute Gasteiger partial charge is 0.493 e. The van der Waals surface area contributed by atoms with Crippen LogP contribution in [0.15, 0.2) is 43.0 Å². The van der Waals surface area contributed by atoms with Crippen molar-refractivity contribution in [3.8, 4) is 11.5 Å². The Bertz CT molecular complexity index is 782. The molecule has 1 aliphatic heterocycles. The summed E-state index contributed by atoms with van der Waals surface area (Å²) in [4.78, 5) is 15.9. The van der Waals surface area contributed by atoms with Crippen molar-refractivity contribution in [1.29, 1.82) is 0 Å². The van der Waals surface area contributed by atoms with E-state index in [9.17, 15) is 4.79 Å². The second kappa shape index (κ2) is 8.09. The van der Waals surface area contributed by atoms with Crippen molar-refractivity contribution in [1.82, 2.24) is 9.66 Å². The molecule has 0 aliphatic carbocycles. The lowest BCUT2D eigenvalue weighted by molar-refractivity contribution is -0.115. The van der Waals surface area contributed by atoms with Crippen molar-refractivity contribution in [2.45, 2.75) is 18.2 Å². The van der Waals surface area contributed by atoms with Crippen LogP contribution in [0.5, 0.6) is 11.5 Å². The van der Waals surface area contributed by atoms with Crippen molar-refractivity contribution < 1.29 is 14.3 Å². The number of benzene rings is 1. The Morgan fingerprint density at radius 1 is 1.38 bits per heavy atom. The van der Waals surface area contributed by atoms with Gasteiger partial charge < -0.3 is 9.47 Å². The molecular formula is C18H21N3O3S2.